The molecule has 5 unspecified atom stereocenters. The van der Waals surface area contributed by atoms with Crippen molar-refractivity contribution in [1.82, 2.24) is 5.32 Å². The Hall–Kier alpha value is -0.910. The van der Waals surface area contributed by atoms with Crippen LogP contribution in [0.4, 0.5) is 0 Å². The molecule has 1 fully saturated rings. The van der Waals surface area contributed by atoms with Gasteiger partial charge in [-0.05, 0) is 42.2 Å². The highest BCUT2D eigenvalue weighted by Gasteiger charge is 2.41. The fraction of sp³-hybridized carbons (Fsp3) is 0.643. The largest absolute Gasteiger partial charge is 0.387 e. The van der Waals surface area contributed by atoms with Crippen molar-refractivity contribution >= 4 is 17.2 Å². The van der Waals surface area contributed by atoms with E-state index in [1.54, 1.807) is 0 Å². The minimum atomic E-state index is -0.638. The minimum Gasteiger partial charge on any atom is -0.387 e. The number of carbonyl (C=O) groups excluding carboxylic acids is 1. The van der Waals surface area contributed by atoms with Crippen molar-refractivity contribution in [2.75, 3.05) is 6.54 Å². The molecule has 1 amide bonds. The summed E-state index contributed by atoms with van der Waals surface area (Å²) in [6.07, 6.45) is -0.601. The van der Waals surface area contributed by atoms with Crippen molar-refractivity contribution in [3.8, 4) is 0 Å². The van der Waals surface area contributed by atoms with Gasteiger partial charge in [-0.15, -0.1) is 0 Å². The summed E-state index contributed by atoms with van der Waals surface area (Å²) in [5.74, 6) is 0.0385. The Morgan fingerprint density at radius 2 is 2.21 bits per heavy atom. The average molecular weight is 283 g/mol. The van der Waals surface area contributed by atoms with Crippen LogP contribution in [0.2, 0.25) is 0 Å². The fourth-order valence-electron chi connectivity index (χ4n) is 2.62. The van der Waals surface area contributed by atoms with E-state index in [1.807, 2.05) is 37.6 Å². The van der Waals surface area contributed by atoms with Gasteiger partial charge in [-0.2, -0.15) is 11.3 Å². The van der Waals surface area contributed by atoms with Crippen molar-refractivity contribution < 1.29 is 14.6 Å². The highest BCUT2D eigenvalue weighted by molar-refractivity contribution is 7.07. The van der Waals surface area contributed by atoms with Gasteiger partial charge in [-0.25, -0.2) is 0 Å². The van der Waals surface area contributed by atoms with Crippen LogP contribution >= 0.6 is 11.3 Å². The summed E-state index contributed by atoms with van der Waals surface area (Å²) in [7, 11) is 0. The molecule has 1 saturated heterocycles. The maximum Gasteiger partial charge on any atom is 0.226 e. The van der Waals surface area contributed by atoms with Crippen molar-refractivity contribution in [1.29, 1.82) is 0 Å². The van der Waals surface area contributed by atoms with Gasteiger partial charge in [0.05, 0.1) is 24.2 Å². The molecule has 1 aliphatic heterocycles. The average Bonchev–Trinajstić information content (AvgIpc) is 2.96. The summed E-state index contributed by atoms with van der Waals surface area (Å²) in [6, 6.07) is 1.87. The van der Waals surface area contributed by atoms with Crippen molar-refractivity contribution in [3.63, 3.8) is 0 Å². The molecule has 0 saturated carbocycles. The molecular weight excluding hydrogens is 262 g/mol. The predicted octanol–water partition coefficient (Wildman–Crippen LogP) is 1.96. The Labute approximate surface area is 117 Å². The Kier molecular flexibility index (Phi) is 4.60. The molecule has 1 aromatic heterocycles. The van der Waals surface area contributed by atoms with E-state index in [0.717, 1.165) is 5.56 Å². The van der Waals surface area contributed by atoms with Crippen LogP contribution < -0.4 is 5.32 Å². The Bertz CT molecular complexity index is 420. The summed E-state index contributed by atoms with van der Waals surface area (Å²) in [5.41, 5.74) is 0.849. The third-order valence-corrected chi connectivity index (χ3v) is 4.64. The topological polar surface area (TPSA) is 58.6 Å². The quantitative estimate of drug-likeness (QED) is 0.888. The summed E-state index contributed by atoms with van der Waals surface area (Å²) in [4.78, 5) is 12.2. The first-order valence-electron chi connectivity index (χ1n) is 6.64. The third-order valence-electron chi connectivity index (χ3n) is 3.94. The number of thiophene rings is 1. The van der Waals surface area contributed by atoms with E-state index in [2.05, 4.69) is 5.32 Å². The van der Waals surface area contributed by atoms with Crippen LogP contribution in [0.3, 0.4) is 0 Å². The molecule has 106 valence electrons. The van der Waals surface area contributed by atoms with Crippen LogP contribution in [0.15, 0.2) is 16.8 Å². The Morgan fingerprint density at radius 1 is 1.47 bits per heavy atom. The van der Waals surface area contributed by atoms with Crippen molar-refractivity contribution in [2.45, 2.75) is 39.1 Å². The molecule has 0 spiro atoms. The van der Waals surface area contributed by atoms with E-state index in [9.17, 15) is 9.90 Å². The molecule has 2 rings (SSSR count). The molecule has 0 bridgehead atoms. The second-order valence-corrected chi connectivity index (χ2v) is 6.03. The number of aliphatic hydroxyl groups excluding tert-OH is 1. The number of carbonyl (C=O) groups is 1. The van der Waals surface area contributed by atoms with E-state index in [4.69, 9.17) is 4.74 Å². The highest BCUT2D eigenvalue weighted by atomic mass is 32.1. The number of hydrogen-bond acceptors (Lipinski definition) is 4. The van der Waals surface area contributed by atoms with Crippen LogP contribution in [0.25, 0.3) is 0 Å². The van der Waals surface area contributed by atoms with Crippen LogP contribution in [0, 0.1) is 11.8 Å². The number of hydrogen-bond donors (Lipinski definition) is 2. The lowest BCUT2D eigenvalue weighted by atomic mass is 9.89. The number of ether oxygens (including phenoxy) is 1. The molecular formula is C14H21NO3S. The molecule has 5 atom stereocenters. The fourth-order valence-corrected chi connectivity index (χ4v) is 3.32. The number of rotatable bonds is 4. The van der Waals surface area contributed by atoms with Crippen LogP contribution in [0.1, 0.15) is 32.4 Å². The summed E-state index contributed by atoms with van der Waals surface area (Å²) in [6.45, 7) is 6.21. The summed E-state index contributed by atoms with van der Waals surface area (Å²) >= 11 is 1.54. The van der Waals surface area contributed by atoms with Gasteiger partial charge in [0.15, 0.2) is 0 Å². The molecule has 4 nitrogen and oxygen atoms in total. The second kappa shape index (κ2) is 6.03. The lowest BCUT2D eigenvalue weighted by Crippen LogP contribution is -2.39. The first-order valence-corrected chi connectivity index (χ1v) is 7.58. The third kappa shape index (κ3) is 3.16. The lowest BCUT2D eigenvalue weighted by molar-refractivity contribution is -0.127. The van der Waals surface area contributed by atoms with E-state index in [1.165, 1.54) is 11.3 Å². The van der Waals surface area contributed by atoms with Gasteiger partial charge in [0.25, 0.3) is 0 Å². The van der Waals surface area contributed by atoms with Gasteiger partial charge in [0, 0.05) is 6.54 Å². The molecule has 0 aromatic carbocycles. The smallest absolute Gasteiger partial charge is 0.226 e. The van der Waals surface area contributed by atoms with Gasteiger partial charge in [0.2, 0.25) is 5.91 Å². The molecule has 19 heavy (non-hydrogen) atoms. The minimum absolute atomic E-state index is 0.0290. The normalized spacial score (nSPS) is 32.2. The summed E-state index contributed by atoms with van der Waals surface area (Å²) in [5, 5.41) is 16.6. The Morgan fingerprint density at radius 3 is 2.74 bits per heavy atom. The SMILES string of the molecule is CC1OC(C)C(C(=O)NCC(O)c2ccsc2)C1C. The number of aliphatic hydroxyl groups is 1. The van der Waals surface area contributed by atoms with E-state index in [0.29, 0.717) is 0 Å². The first kappa shape index (κ1) is 14.5. The molecule has 1 aromatic rings. The van der Waals surface area contributed by atoms with Gasteiger partial charge >= 0.3 is 0 Å². The standard InChI is InChI=1S/C14H21NO3S/c1-8-9(2)18-10(3)13(8)14(17)15-6-12(16)11-4-5-19-7-11/h4-5,7-10,12-13,16H,6H2,1-3H3,(H,15,17). The van der Waals surface area contributed by atoms with Gasteiger partial charge in [-0.1, -0.05) is 6.92 Å². The summed E-state index contributed by atoms with van der Waals surface area (Å²) < 4.78 is 5.66. The molecule has 0 radical (unpaired) electrons. The molecule has 2 heterocycles. The molecule has 2 N–H and O–H groups in total. The molecule has 5 heteroatoms. The van der Waals surface area contributed by atoms with Gasteiger partial charge < -0.3 is 15.2 Å². The first-order chi connectivity index (χ1) is 9.00. The Balaban J connectivity index is 1.88. The monoisotopic (exact) mass is 283 g/mol. The van der Waals surface area contributed by atoms with Crippen LogP contribution in [-0.4, -0.2) is 29.8 Å². The predicted molar refractivity (Wildman–Crippen MR) is 75.0 cm³/mol. The van der Waals surface area contributed by atoms with E-state index < -0.39 is 6.10 Å². The van der Waals surface area contributed by atoms with Crippen molar-refractivity contribution in [3.05, 3.63) is 22.4 Å². The van der Waals surface area contributed by atoms with Crippen LogP contribution in [-0.2, 0) is 9.53 Å². The zero-order chi connectivity index (χ0) is 14.0. The van der Waals surface area contributed by atoms with Gasteiger partial charge in [0.1, 0.15) is 0 Å². The highest BCUT2D eigenvalue weighted by Crippen LogP contribution is 2.32. The second-order valence-electron chi connectivity index (χ2n) is 5.25. The maximum atomic E-state index is 12.2. The zero-order valence-electron chi connectivity index (χ0n) is 11.5. The van der Waals surface area contributed by atoms with Crippen LogP contribution in [0.5, 0.6) is 0 Å². The number of amides is 1. The number of nitrogens with one attached hydrogen (secondary N) is 1. The van der Waals surface area contributed by atoms with E-state index >= 15 is 0 Å². The van der Waals surface area contributed by atoms with Crippen molar-refractivity contribution in [2.24, 2.45) is 11.8 Å². The van der Waals surface area contributed by atoms with Gasteiger partial charge in [-0.3, -0.25) is 4.79 Å². The maximum absolute atomic E-state index is 12.2. The van der Waals surface area contributed by atoms with E-state index in [-0.39, 0.29) is 36.5 Å². The molecule has 1 aliphatic rings. The zero-order valence-corrected chi connectivity index (χ0v) is 12.3. The molecule has 0 aliphatic carbocycles. The lowest BCUT2D eigenvalue weighted by Gasteiger charge is -2.19.